The monoisotopic (exact) mass is 449 g/mol. The average Bonchev–Trinajstić information content (AvgIpc) is 2.80. The van der Waals surface area contributed by atoms with E-state index in [9.17, 15) is 18.8 Å². The van der Waals surface area contributed by atoms with Crippen LogP contribution in [0.4, 0.5) is 4.39 Å². The SMILES string of the molecule is Cc1ccc(=O)n([C@H](C(=O)c2ccc(F)cc2)C(=O)N(CCN(C)C)Cc2ccccc2)c1. The lowest BCUT2D eigenvalue weighted by atomic mass is 10.0. The van der Waals surface area contributed by atoms with Crippen molar-refractivity contribution in [3.8, 4) is 0 Å². The van der Waals surface area contributed by atoms with Crippen LogP contribution in [0.3, 0.4) is 0 Å². The number of Topliss-reactive ketones (excluding diaryl/α,β-unsaturated/α-hetero) is 1. The molecule has 2 aromatic carbocycles. The number of carbonyl (C=O) groups excluding carboxylic acids is 2. The van der Waals surface area contributed by atoms with E-state index in [0.717, 1.165) is 11.1 Å². The number of aryl methyl sites for hydroxylation is 1. The van der Waals surface area contributed by atoms with E-state index in [4.69, 9.17) is 0 Å². The van der Waals surface area contributed by atoms with Crippen molar-refractivity contribution in [2.45, 2.75) is 19.5 Å². The zero-order valence-electron chi connectivity index (χ0n) is 19.1. The van der Waals surface area contributed by atoms with Crippen molar-refractivity contribution in [2.24, 2.45) is 0 Å². The summed E-state index contributed by atoms with van der Waals surface area (Å²) in [6.45, 7) is 3.03. The first kappa shape index (κ1) is 24.1. The number of ketones is 1. The molecule has 1 heterocycles. The second-order valence-corrected chi connectivity index (χ2v) is 8.27. The molecule has 33 heavy (non-hydrogen) atoms. The van der Waals surface area contributed by atoms with Crippen molar-refractivity contribution in [3.05, 3.63) is 106 Å². The van der Waals surface area contributed by atoms with E-state index in [-0.39, 0.29) is 5.56 Å². The number of halogens is 1. The summed E-state index contributed by atoms with van der Waals surface area (Å²) < 4.78 is 14.6. The van der Waals surface area contributed by atoms with E-state index in [2.05, 4.69) is 0 Å². The highest BCUT2D eigenvalue weighted by molar-refractivity contribution is 6.11. The van der Waals surface area contributed by atoms with Gasteiger partial charge >= 0.3 is 0 Å². The molecule has 1 aromatic heterocycles. The maximum atomic E-state index is 13.9. The third-order valence-corrected chi connectivity index (χ3v) is 5.32. The molecular weight excluding hydrogens is 421 g/mol. The Hall–Kier alpha value is -3.58. The first-order valence-electron chi connectivity index (χ1n) is 10.7. The topological polar surface area (TPSA) is 62.6 Å². The molecule has 0 saturated heterocycles. The minimum Gasteiger partial charge on any atom is -0.335 e. The molecule has 0 aliphatic heterocycles. The van der Waals surface area contributed by atoms with Crippen LogP contribution in [0.15, 0.2) is 77.7 Å². The van der Waals surface area contributed by atoms with E-state index in [0.29, 0.717) is 19.6 Å². The zero-order valence-corrected chi connectivity index (χ0v) is 19.1. The molecule has 0 bridgehead atoms. The third-order valence-electron chi connectivity index (χ3n) is 5.32. The molecule has 7 heteroatoms. The largest absolute Gasteiger partial charge is 0.335 e. The predicted octanol–water partition coefficient (Wildman–Crippen LogP) is 3.31. The van der Waals surface area contributed by atoms with Crippen LogP contribution in [0.25, 0.3) is 0 Å². The van der Waals surface area contributed by atoms with Crippen molar-refractivity contribution in [1.82, 2.24) is 14.4 Å². The van der Waals surface area contributed by atoms with E-state index in [1.54, 1.807) is 17.9 Å². The van der Waals surface area contributed by atoms with Gasteiger partial charge in [0.25, 0.3) is 11.5 Å². The number of hydrogen-bond donors (Lipinski definition) is 0. The van der Waals surface area contributed by atoms with E-state index in [1.807, 2.05) is 49.3 Å². The van der Waals surface area contributed by atoms with Crippen LogP contribution >= 0.6 is 0 Å². The highest BCUT2D eigenvalue weighted by atomic mass is 19.1. The first-order chi connectivity index (χ1) is 15.8. The van der Waals surface area contributed by atoms with Gasteiger partial charge in [-0.3, -0.25) is 19.0 Å². The fourth-order valence-electron chi connectivity index (χ4n) is 3.51. The summed E-state index contributed by atoms with van der Waals surface area (Å²) in [4.78, 5) is 43.6. The Morgan fingerprint density at radius 1 is 0.939 bits per heavy atom. The molecule has 0 spiro atoms. The Morgan fingerprint density at radius 3 is 2.24 bits per heavy atom. The first-order valence-corrected chi connectivity index (χ1v) is 10.7. The van der Waals surface area contributed by atoms with Gasteiger partial charge in [0.2, 0.25) is 0 Å². The molecule has 3 aromatic rings. The van der Waals surface area contributed by atoms with Crippen molar-refractivity contribution >= 4 is 11.7 Å². The minimum absolute atomic E-state index is 0.162. The lowest BCUT2D eigenvalue weighted by Gasteiger charge is -2.29. The van der Waals surface area contributed by atoms with Crippen LogP contribution in [-0.2, 0) is 11.3 Å². The number of pyridine rings is 1. The van der Waals surface area contributed by atoms with Gasteiger partial charge in [0, 0.05) is 37.5 Å². The number of benzene rings is 2. The number of hydrogen-bond acceptors (Lipinski definition) is 4. The summed E-state index contributed by atoms with van der Waals surface area (Å²) in [6, 6.07) is 16.1. The van der Waals surface area contributed by atoms with Crippen LogP contribution in [0, 0.1) is 12.7 Å². The normalized spacial score (nSPS) is 11.9. The van der Waals surface area contributed by atoms with Crippen molar-refractivity contribution in [1.29, 1.82) is 0 Å². The third kappa shape index (κ3) is 6.23. The second-order valence-electron chi connectivity index (χ2n) is 8.27. The summed E-state index contributed by atoms with van der Waals surface area (Å²) in [6.07, 6.45) is 1.51. The van der Waals surface area contributed by atoms with Gasteiger partial charge in [0.15, 0.2) is 11.8 Å². The molecule has 0 saturated carbocycles. The second kappa shape index (κ2) is 10.8. The molecule has 0 aliphatic carbocycles. The number of amides is 1. The lowest BCUT2D eigenvalue weighted by Crippen LogP contribution is -2.45. The molecule has 0 radical (unpaired) electrons. The summed E-state index contributed by atoms with van der Waals surface area (Å²) in [5.41, 5.74) is 1.36. The number of carbonyl (C=O) groups is 2. The van der Waals surface area contributed by atoms with Gasteiger partial charge in [-0.05, 0) is 56.4 Å². The number of aromatic nitrogens is 1. The Balaban J connectivity index is 2.06. The van der Waals surface area contributed by atoms with Crippen molar-refractivity contribution < 1.29 is 14.0 Å². The van der Waals surface area contributed by atoms with Gasteiger partial charge < -0.3 is 9.80 Å². The summed E-state index contributed by atoms with van der Waals surface area (Å²) >= 11 is 0. The number of rotatable bonds is 9. The number of likely N-dealkylation sites (N-methyl/N-ethyl adjacent to an activating group) is 1. The number of nitrogens with zero attached hydrogens (tertiary/aromatic N) is 3. The van der Waals surface area contributed by atoms with Crippen LogP contribution in [0.1, 0.15) is 27.5 Å². The fraction of sp³-hybridized carbons (Fsp3) is 0.269. The summed E-state index contributed by atoms with van der Waals surface area (Å²) in [7, 11) is 3.80. The molecule has 3 rings (SSSR count). The van der Waals surface area contributed by atoms with E-state index >= 15 is 0 Å². The van der Waals surface area contributed by atoms with Crippen molar-refractivity contribution in [2.75, 3.05) is 27.2 Å². The standard InChI is InChI=1S/C26H28FN3O3/c1-19-9-14-23(31)30(17-19)24(25(32)21-10-12-22(27)13-11-21)26(33)29(16-15-28(2)3)18-20-7-5-4-6-8-20/h4-14,17,24H,15-16,18H2,1-3H3/t24-/m1/s1. The van der Waals surface area contributed by atoms with Crippen LogP contribution in [0.5, 0.6) is 0 Å². The van der Waals surface area contributed by atoms with Crippen LogP contribution in [0.2, 0.25) is 0 Å². The van der Waals surface area contributed by atoms with Crippen molar-refractivity contribution in [3.63, 3.8) is 0 Å². The highest BCUT2D eigenvalue weighted by Crippen LogP contribution is 2.19. The molecule has 1 amide bonds. The van der Waals surface area contributed by atoms with Gasteiger partial charge in [0.1, 0.15) is 5.82 Å². The molecule has 0 unspecified atom stereocenters. The van der Waals surface area contributed by atoms with E-state index in [1.165, 1.54) is 41.1 Å². The average molecular weight is 450 g/mol. The molecular formula is C26H28FN3O3. The van der Waals surface area contributed by atoms with Crippen LogP contribution in [-0.4, -0.2) is 53.2 Å². The zero-order chi connectivity index (χ0) is 24.0. The molecule has 172 valence electrons. The minimum atomic E-state index is -1.39. The molecule has 0 fully saturated rings. The van der Waals surface area contributed by atoms with Gasteiger partial charge in [-0.25, -0.2) is 4.39 Å². The maximum absolute atomic E-state index is 13.9. The maximum Gasteiger partial charge on any atom is 0.254 e. The fourth-order valence-corrected chi connectivity index (χ4v) is 3.51. The molecule has 0 aliphatic rings. The van der Waals surface area contributed by atoms with Gasteiger partial charge in [-0.2, -0.15) is 0 Å². The summed E-state index contributed by atoms with van der Waals surface area (Å²) in [5.74, 6) is -1.53. The van der Waals surface area contributed by atoms with Gasteiger partial charge in [-0.15, -0.1) is 0 Å². The van der Waals surface area contributed by atoms with Crippen LogP contribution < -0.4 is 5.56 Å². The lowest BCUT2D eigenvalue weighted by molar-refractivity contribution is -0.134. The van der Waals surface area contributed by atoms with Gasteiger partial charge in [0.05, 0.1) is 0 Å². The Kier molecular flexibility index (Phi) is 7.90. The summed E-state index contributed by atoms with van der Waals surface area (Å²) in [5, 5.41) is 0. The molecule has 6 nitrogen and oxygen atoms in total. The Bertz CT molecular complexity index is 1160. The van der Waals surface area contributed by atoms with E-state index < -0.39 is 29.1 Å². The Morgan fingerprint density at radius 2 is 1.61 bits per heavy atom. The predicted molar refractivity (Wildman–Crippen MR) is 126 cm³/mol. The van der Waals surface area contributed by atoms with Gasteiger partial charge in [-0.1, -0.05) is 36.4 Å². The smallest absolute Gasteiger partial charge is 0.254 e. The Labute approximate surface area is 192 Å². The highest BCUT2D eigenvalue weighted by Gasteiger charge is 2.34. The molecule has 1 atom stereocenters. The molecule has 0 N–H and O–H groups in total. The quantitative estimate of drug-likeness (QED) is 0.372.